The van der Waals surface area contributed by atoms with E-state index in [-0.39, 0.29) is 22.8 Å². The molecule has 3 atom stereocenters. The summed E-state index contributed by atoms with van der Waals surface area (Å²) in [4.78, 5) is 24.1. The molecule has 1 aromatic carbocycles. The molecule has 2 saturated carbocycles. The summed E-state index contributed by atoms with van der Waals surface area (Å²) in [5.74, 6) is -0.570. The molecule has 0 spiro atoms. The predicted molar refractivity (Wildman–Crippen MR) is 115 cm³/mol. The Morgan fingerprint density at radius 3 is 2.50 bits per heavy atom. The first-order chi connectivity index (χ1) is 14.0. The molecule has 0 aliphatic heterocycles. The maximum atomic E-state index is 12.3. The average Bonchev–Trinajstić information content (AvgIpc) is 3.04. The molecule has 30 heavy (non-hydrogen) atoms. The van der Waals surface area contributed by atoms with Gasteiger partial charge in [0.1, 0.15) is 6.54 Å². The van der Waals surface area contributed by atoms with Crippen molar-refractivity contribution in [2.24, 2.45) is 16.7 Å². The summed E-state index contributed by atoms with van der Waals surface area (Å²) in [6.07, 6.45) is 4.63. The van der Waals surface area contributed by atoms with Gasteiger partial charge in [-0.05, 0) is 47.6 Å². The number of carbonyl (C=O) groups is 2. The minimum absolute atomic E-state index is 0.0397. The van der Waals surface area contributed by atoms with E-state index in [0.717, 1.165) is 23.8 Å². The lowest BCUT2D eigenvalue weighted by molar-refractivity contribution is -0.147. The highest BCUT2D eigenvalue weighted by atomic mass is 32.2. The minimum Gasteiger partial charge on any atom is -0.455 e. The van der Waals surface area contributed by atoms with Crippen molar-refractivity contribution in [2.45, 2.75) is 46.1 Å². The quantitative estimate of drug-likeness (QED) is 0.612. The monoisotopic (exact) mass is 434 g/mol. The summed E-state index contributed by atoms with van der Waals surface area (Å²) in [5.41, 5.74) is 0.935. The Hall–Kier alpha value is -2.19. The van der Waals surface area contributed by atoms with Gasteiger partial charge in [0.05, 0.1) is 0 Å². The summed E-state index contributed by atoms with van der Waals surface area (Å²) >= 11 is 0. The van der Waals surface area contributed by atoms with Crippen molar-refractivity contribution in [3.05, 3.63) is 41.3 Å². The molecular formula is C22H30N2O5S. The Morgan fingerprint density at radius 1 is 1.20 bits per heavy atom. The second kappa shape index (κ2) is 8.51. The Kier molecular flexibility index (Phi) is 6.38. The lowest BCUT2D eigenvalue weighted by Crippen LogP contribution is -2.48. The van der Waals surface area contributed by atoms with Gasteiger partial charge in [-0.25, -0.2) is 13.1 Å². The van der Waals surface area contributed by atoms with E-state index in [4.69, 9.17) is 4.74 Å². The zero-order valence-electron chi connectivity index (χ0n) is 17.7. The topological polar surface area (TPSA) is 102 Å². The van der Waals surface area contributed by atoms with Crippen LogP contribution in [0.4, 0.5) is 0 Å². The fourth-order valence-electron chi connectivity index (χ4n) is 4.79. The Balaban J connectivity index is 1.41. The molecule has 0 radical (unpaired) electrons. The normalized spacial score (nSPS) is 27.3. The number of amides is 1. The van der Waals surface area contributed by atoms with Crippen LogP contribution in [0.3, 0.4) is 0 Å². The standard InChI is InChI=1S/C22H30N2O5S/c1-21(2)17-9-11-22(21,3)18(13-17)24-19(25)15-29-20(26)14-23-30(27,28)12-10-16-7-5-4-6-8-16/h4-8,10,12,17-18,23H,9,11,13-15H2,1-3H3,(H,24,25)/b12-10+. The van der Waals surface area contributed by atoms with Gasteiger partial charge in [-0.15, -0.1) is 0 Å². The van der Waals surface area contributed by atoms with Gasteiger partial charge in [-0.2, -0.15) is 0 Å². The van der Waals surface area contributed by atoms with Crippen LogP contribution in [-0.2, 0) is 24.3 Å². The number of sulfonamides is 1. The van der Waals surface area contributed by atoms with Gasteiger partial charge >= 0.3 is 5.97 Å². The van der Waals surface area contributed by atoms with Crippen molar-refractivity contribution in [3.8, 4) is 0 Å². The summed E-state index contributed by atoms with van der Waals surface area (Å²) in [6, 6.07) is 9.00. The van der Waals surface area contributed by atoms with Crippen LogP contribution >= 0.6 is 0 Å². The van der Waals surface area contributed by atoms with Crippen molar-refractivity contribution >= 4 is 28.0 Å². The van der Waals surface area contributed by atoms with Gasteiger partial charge in [0.15, 0.2) is 6.61 Å². The molecule has 3 rings (SSSR count). The van der Waals surface area contributed by atoms with Crippen LogP contribution in [0, 0.1) is 16.7 Å². The lowest BCUT2D eigenvalue weighted by atomic mass is 9.69. The van der Waals surface area contributed by atoms with Gasteiger partial charge in [-0.3, -0.25) is 9.59 Å². The number of fused-ring (bicyclic) bond motifs is 2. The molecule has 0 aromatic heterocycles. The molecule has 1 aromatic rings. The molecule has 2 aliphatic rings. The van der Waals surface area contributed by atoms with Crippen molar-refractivity contribution in [1.82, 2.24) is 10.0 Å². The lowest BCUT2D eigenvalue weighted by Gasteiger charge is -2.39. The van der Waals surface area contributed by atoms with Crippen molar-refractivity contribution in [3.63, 3.8) is 0 Å². The molecule has 0 saturated heterocycles. The van der Waals surface area contributed by atoms with E-state index in [0.29, 0.717) is 5.92 Å². The highest BCUT2D eigenvalue weighted by molar-refractivity contribution is 7.92. The molecule has 164 valence electrons. The fraction of sp³-hybridized carbons (Fsp3) is 0.545. The van der Waals surface area contributed by atoms with Crippen molar-refractivity contribution in [2.75, 3.05) is 13.2 Å². The number of ether oxygens (including phenoxy) is 1. The third kappa shape index (κ3) is 4.75. The first-order valence-corrected chi connectivity index (χ1v) is 11.8. The van der Waals surface area contributed by atoms with E-state index in [1.165, 1.54) is 12.5 Å². The van der Waals surface area contributed by atoms with E-state index in [9.17, 15) is 18.0 Å². The van der Waals surface area contributed by atoms with E-state index in [1.807, 2.05) is 6.07 Å². The van der Waals surface area contributed by atoms with Crippen molar-refractivity contribution in [1.29, 1.82) is 0 Å². The zero-order chi connectivity index (χ0) is 22.0. The van der Waals surface area contributed by atoms with Gasteiger partial charge in [-0.1, -0.05) is 51.1 Å². The van der Waals surface area contributed by atoms with E-state index >= 15 is 0 Å². The second-order valence-corrected chi connectivity index (χ2v) is 10.6. The molecule has 2 aliphatic carbocycles. The van der Waals surface area contributed by atoms with Crippen LogP contribution in [0.15, 0.2) is 35.7 Å². The van der Waals surface area contributed by atoms with Crippen LogP contribution in [0.1, 0.15) is 45.6 Å². The molecule has 1 amide bonds. The summed E-state index contributed by atoms with van der Waals surface area (Å²) in [7, 11) is -3.79. The molecule has 3 unspecified atom stereocenters. The van der Waals surface area contributed by atoms with E-state index in [2.05, 4.69) is 30.8 Å². The Bertz CT molecular complexity index is 926. The number of carbonyl (C=O) groups excluding carboxylic acids is 2. The van der Waals surface area contributed by atoms with Crippen LogP contribution in [0.25, 0.3) is 6.08 Å². The number of hydrogen-bond donors (Lipinski definition) is 2. The molecule has 2 fully saturated rings. The predicted octanol–water partition coefficient (Wildman–Crippen LogP) is 2.45. The summed E-state index contributed by atoms with van der Waals surface area (Å²) in [6.45, 7) is 5.78. The number of esters is 1. The third-order valence-corrected chi connectivity index (χ3v) is 8.19. The van der Waals surface area contributed by atoms with Gasteiger partial charge in [0, 0.05) is 11.4 Å². The average molecular weight is 435 g/mol. The van der Waals surface area contributed by atoms with Gasteiger partial charge in [0.2, 0.25) is 10.0 Å². The smallest absolute Gasteiger partial charge is 0.321 e. The number of rotatable bonds is 8. The van der Waals surface area contributed by atoms with Gasteiger partial charge in [0.25, 0.3) is 5.91 Å². The molecular weight excluding hydrogens is 404 g/mol. The Labute approximate surface area is 178 Å². The summed E-state index contributed by atoms with van der Waals surface area (Å²) in [5, 5.41) is 3.99. The number of nitrogens with one attached hydrogen (secondary N) is 2. The van der Waals surface area contributed by atoms with Crippen LogP contribution in [-0.4, -0.2) is 39.5 Å². The van der Waals surface area contributed by atoms with Crippen molar-refractivity contribution < 1.29 is 22.7 Å². The minimum atomic E-state index is -3.79. The highest BCUT2D eigenvalue weighted by Crippen LogP contribution is 2.65. The molecule has 0 heterocycles. The molecule has 2 bridgehead atoms. The first kappa shape index (κ1) is 22.5. The number of hydrogen-bond acceptors (Lipinski definition) is 5. The zero-order valence-corrected chi connectivity index (χ0v) is 18.5. The van der Waals surface area contributed by atoms with Crippen LogP contribution in [0.2, 0.25) is 0 Å². The van der Waals surface area contributed by atoms with Crippen LogP contribution < -0.4 is 10.0 Å². The number of benzene rings is 1. The Morgan fingerprint density at radius 2 is 1.90 bits per heavy atom. The maximum absolute atomic E-state index is 12.3. The third-order valence-electron chi connectivity index (χ3n) is 7.15. The maximum Gasteiger partial charge on any atom is 0.321 e. The molecule has 7 nitrogen and oxygen atoms in total. The fourth-order valence-corrected chi connectivity index (χ4v) is 5.55. The largest absolute Gasteiger partial charge is 0.455 e. The van der Waals surface area contributed by atoms with E-state index in [1.54, 1.807) is 24.3 Å². The second-order valence-electron chi connectivity index (χ2n) is 8.97. The first-order valence-electron chi connectivity index (χ1n) is 10.2. The van der Waals surface area contributed by atoms with Crippen LogP contribution in [0.5, 0.6) is 0 Å². The van der Waals surface area contributed by atoms with Gasteiger partial charge < -0.3 is 10.1 Å². The summed E-state index contributed by atoms with van der Waals surface area (Å²) < 4.78 is 31.0. The molecule has 8 heteroatoms. The SMILES string of the molecule is CC1(C)C2CCC1(C)C(NC(=O)COC(=O)CNS(=O)(=O)/C=C/c1ccccc1)C2. The highest BCUT2D eigenvalue weighted by Gasteiger charge is 2.61. The van der Waals surface area contributed by atoms with E-state index < -0.39 is 29.1 Å². The molecule has 2 N–H and O–H groups in total.